The third kappa shape index (κ3) is 3.36. The Bertz CT molecular complexity index is 708. The molecule has 2 aromatic rings. The molecule has 1 aliphatic carbocycles. The molecule has 0 amide bonds. The lowest BCUT2D eigenvalue weighted by molar-refractivity contribution is 0.0525. The van der Waals surface area contributed by atoms with Crippen molar-refractivity contribution in [1.29, 1.82) is 0 Å². The van der Waals surface area contributed by atoms with Crippen LogP contribution >= 0.6 is 0 Å². The van der Waals surface area contributed by atoms with Crippen LogP contribution in [0.2, 0.25) is 0 Å². The van der Waals surface area contributed by atoms with Crippen molar-refractivity contribution in [3.05, 3.63) is 59.2 Å². The predicted octanol–water partition coefficient (Wildman–Crippen LogP) is 3.21. The Balaban J connectivity index is 1.77. The van der Waals surface area contributed by atoms with Gasteiger partial charge in [0.25, 0.3) is 0 Å². The number of hydrogen-bond donors (Lipinski definition) is 0. The average molecular weight is 318 g/mol. The predicted molar refractivity (Wildman–Crippen MR) is 79.0 cm³/mol. The number of carbonyl (C=O) groups is 1. The van der Waals surface area contributed by atoms with Gasteiger partial charge in [-0.2, -0.15) is 0 Å². The standard InChI is InChI=1S/C17H16F2N2O2/c1-2-23-16(22)11-9-20-15(21-10-11)8-17(3-4-17)12-5-13(18)7-14(19)6-12/h5-7,9-10H,2-4,8H2,1H3. The van der Waals surface area contributed by atoms with Crippen LogP contribution in [-0.4, -0.2) is 22.5 Å². The quantitative estimate of drug-likeness (QED) is 0.794. The first-order chi connectivity index (χ1) is 11.0. The van der Waals surface area contributed by atoms with E-state index >= 15 is 0 Å². The summed E-state index contributed by atoms with van der Waals surface area (Å²) in [5.74, 6) is -1.08. The number of aromatic nitrogens is 2. The molecule has 6 heteroatoms. The third-order valence-electron chi connectivity index (χ3n) is 4.04. The normalized spacial score (nSPS) is 15.3. The molecule has 120 valence electrons. The number of benzene rings is 1. The lowest BCUT2D eigenvalue weighted by atomic mass is 9.92. The maximum absolute atomic E-state index is 13.4. The minimum Gasteiger partial charge on any atom is -0.462 e. The minimum atomic E-state index is -0.579. The lowest BCUT2D eigenvalue weighted by Crippen LogP contribution is -2.14. The number of rotatable bonds is 5. The summed E-state index contributed by atoms with van der Waals surface area (Å²) in [7, 11) is 0. The molecule has 0 bridgehead atoms. The molecule has 0 spiro atoms. The average Bonchev–Trinajstić information content (AvgIpc) is 3.28. The van der Waals surface area contributed by atoms with Gasteiger partial charge in [0.15, 0.2) is 0 Å². The molecule has 0 atom stereocenters. The number of esters is 1. The smallest absolute Gasteiger partial charge is 0.341 e. The molecule has 1 aliphatic rings. The van der Waals surface area contributed by atoms with Gasteiger partial charge in [0.2, 0.25) is 0 Å². The maximum Gasteiger partial charge on any atom is 0.341 e. The molecule has 1 heterocycles. The second-order valence-corrected chi connectivity index (χ2v) is 5.72. The van der Waals surface area contributed by atoms with E-state index in [4.69, 9.17) is 4.74 Å². The van der Waals surface area contributed by atoms with Crippen molar-refractivity contribution in [2.45, 2.75) is 31.6 Å². The summed E-state index contributed by atoms with van der Waals surface area (Å²) in [5, 5.41) is 0. The van der Waals surface area contributed by atoms with Gasteiger partial charge in [0.05, 0.1) is 12.2 Å². The number of hydrogen-bond acceptors (Lipinski definition) is 4. The van der Waals surface area contributed by atoms with E-state index in [0.29, 0.717) is 17.8 Å². The van der Waals surface area contributed by atoms with Crippen LogP contribution in [0.15, 0.2) is 30.6 Å². The van der Waals surface area contributed by atoms with E-state index in [1.54, 1.807) is 6.92 Å². The Labute approximate surface area is 132 Å². The number of carbonyl (C=O) groups excluding carboxylic acids is 1. The summed E-state index contributed by atoms with van der Waals surface area (Å²) in [6, 6.07) is 3.59. The van der Waals surface area contributed by atoms with Crippen molar-refractivity contribution in [2.24, 2.45) is 0 Å². The molecule has 23 heavy (non-hydrogen) atoms. The van der Waals surface area contributed by atoms with Crippen molar-refractivity contribution in [3.8, 4) is 0 Å². The molecule has 1 saturated carbocycles. The lowest BCUT2D eigenvalue weighted by Gasteiger charge is -2.15. The monoisotopic (exact) mass is 318 g/mol. The second kappa shape index (κ2) is 6.02. The molecule has 0 N–H and O–H groups in total. The highest BCUT2D eigenvalue weighted by Crippen LogP contribution is 2.50. The minimum absolute atomic E-state index is 0.287. The van der Waals surface area contributed by atoms with Crippen LogP contribution in [0, 0.1) is 11.6 Å². The molecule has 0 saturated heterocycles. The SMILES string of the molecule is CCOC(=O)c1cnc(CC2(c3cc(F)cc(F)c3)CC2)nc1. The Hall–Kier alpha value is -2.37. The van der Waals surface area contributed by atoms with Gasteiger partial charge in [-0.3, -0.25) is 0 Å². The zero-order valence-electron chi connectivity index (χ0n) is 12.7. The number of ether oxygens (including phenoxy) is 1. The van der Waals surface area contributed by atoms with Crippen molar-refractivity contribution in [2.75, 3.05) is 6.61 Å². The van der Waals surface area contributed by atoms with Crippen LogP contribution in [0.4, 0.5) is 8.78 Å². The molecule has 4 nitrogen and oxygen atoms in total. The highest BCUT2D eigenvalue weighted by molar-refractivity contribution is 5.88. The van der Waals surface area contributed by atoms with E-state index in [9.17, 15) is 13.6 Å². The van der Waals surface area contributed by atoms with Gasteiger partial charge >= 0.3 is 5.97 Å². The summed E-state index contributed by atoms with van der Waals surface area (Å²) in [6.45, 7) is 2.01. The Morgan fingerprint density at radius 3 is 2.30 bits per heavy atom. The number of halogens is 2. The highest BCUT2D eigenvalue weighted by atomic mass is 19.1. The molecule has 0 unspecified atom stereocenters. The summed E-state index contributed by atoms with van der Waals surface area (Å²) in [4.78, 5) is 19.9. The van der Waals surface area contributed by atoms with E-state index in [1.165, 1.54) is 24.5 Å². The molecule has 3 rings (SSSR count). The van der Waals surface area contributed by atoms with Gasteiger partial charge in [-0.05, 0) is 37.5 Å². The van der Waals surface area contributed by atoms with Gasteiger partial charge in [0, 0.05) is 30.3 Å². The molecule has 0 aliphatic heterocycles. The van der Waals surface area contributed by atoms with Gasteiger partial charge in [-0.1, -0.05) is 0 Å². The number of nitrogens with zero attached hydrogens (tertiary/aromatic N) is 2. The Morgan fingerprint density at radius 1 is 1.17 bits per heavy atom. The molecule has 1 fully saturated rings. The van der Waals surface area contributed by atoms with Crippen molar-refractivity contribution < 1.29 is 18.3 Å². The largest absolute Gasteiger partial charge is 0.462 e. The Kier molecular flexibility index (Phi) is 4.07. The summed E-state index contributed by atoms with van der Waals surface area (Å²) >= 11 is 0. The van der Waals surface area contributed by atoms with Crippen molar-refractivity contribution in [1.82, 2.24) is 9.97 Å². The summed E-state index contributed by atoms with van der Waals surface area (Å²) < 4.78 is 31.7. The molecular formula is C17H16F2N2O2. The first-order valence-electron chi connectivity index (χ1n) is 7.47. The molecule has 1 aromatic carbocycles. The van der Waals surface area contributed by atoms with Gasteiger partial charge in [-0.15, -0.1) is 0 Å². The van der Waals surface area contributed by atoms with Gasteiger partial charge < -0.3 is 4.74 Å². The molecular weight excluding hydrogens is 302 g/mol. The van der Waals surface area contributed by atoms with Crippen LogP contribution in [-0.2, 0) is 16.6 Å². The fraction of sp³-hybridized carbons (Fsp3) is 0.353. The van der Waals surface area contributed by atoms with Crippen molar-refractivity contribution >= 4 is 5.97 Å². The van der Waals surface area contributed by atoms with Crippen LogP contribution in [0.25, 0.3) is 0 Å². The topological polar surface area (TPSA) is 52.1 Å². The van der Waals surface area contributed by atoms with Crippen LogP contribution < -0.4 is 0 Å². The van der Waals surface area contributed by atoms with Crippen LogP contribution in [0.1, 0.15) is 41.5 Å². The second-order valence-electron chi connectivity index (χ2n) is 5.72. The van der Waals surface area contributed by atoms with Gasteiger partial charge in [-0.25, -0.2) is 23.5 Å². The summed E-state index contributed by atoms with van der Waals surface area (Å²) in [6.07, 6.45) is 4.99. The van der Waals surface area contributed by atoms with E-state index in [0.717, 1.165) is 18.9 Å². The zero-order valence-corrected chi connectivity index (χ0v) is 12.7. The van der Waals surface area contributed by atoms with E-state index < -0.39 is 17.6 Å². The summed E-state index contributed by atoms with van der Waals surface area (Å²) in [5.41, 5.74) is 0.610. The van der Waals surface area contributed by atoms with E-state index in [1.807, 2.05) is 0 Å². The first-order valence-corrected chi connectivity index (χ1v) is 7.47. The first kappa shape index (κ1) is 15.5. The fourth-order valence-electron chi connectivity index (χ4n) is 2.65. The van der Waals surface area contributed by atoms with Crippen molar-refractivity contribution in [3.63, 3.8) is 0 Å². The van der Waals surface area contributed by atoms with Crippen LogP contribution in [0.5, 0.6) is 0 Å². The zero-order chi connectivity index (χ0) is 16.4. The molecule has 0 radical (unpaired) electrons. The third-order valence-corrected chi connectivity index (χ3v) is 4.04. The van der Waals surface area contributed by atoms with E-state index in [-0.39, 0.29) is 17.6 Å². The van der Waals surface area contributed by atoms with E-state index in [2.05, 4.69) is 9.97 Å². The highest BCUT2D eigenvalue weighted by Gasteiger charge is 2.45. The fourth-order valence-corrected chi connectivity index (χ4v) is 2.65. The maximum atomic E-state index is 13.4. The Morgan fingerprint density at radius 2 is 1.78 bits per heavy atom. The van der Waals surface area contributed by atoms with Crippen LogP contribution in [0.3, 0.4) is 0 Å². The van der Waals surface area contributed by atoms with Gasteiger partial charge in [0.1, 0.15) is 17.5 Å². The molecule has 1 aromatic heterocycles.